The van der Waals surface area contributed by atoms with Crippen LogP contribution in [0.25, 0.3) is 11.3 Å². The number of pyridine rings is 1. The predicted molar refractivity (Wildman–Crippen MR) is 73.5 cm³/mol. The van der Waals surface area contributed by atoms with E-state index in [4.69, 9.17) is 21.4 Å². The van der Waals surface area contributed by atoms with Gasteiger partial charge in [0.05, 0.1) is 17.4 Å². The molecule has 0 radical (unpaired) electrons. The quantitative estimate of drug-likeness (QED) is 0.831. The fraction of sp³-hybridized carbons (Fsp3) is 0.385. The molecule has 0 aromatic carbocycles. The standard InChI is InChI=1S/C13H14ClF2N3O2/c1-8(3-5-20)21-11-6-12(14)17-7-9(11)10-2-4-19(18-10)13(15)16/h2,4,6-8,13,20H,3,5H2,1H3/t8-/m0/s1. The highest BCUT2D eigenvalue weighted by Crippen LogP contribution is 2.31. The van der Waals surface area contributed by atoms with Crippen LogP contribution in [0.15, 0.2) is 24.5 Å². The van der Waals surface area contributed by atoms with E-state index in [-0.39, 0.29) is 17.9 Å². The summed E-state index contributed by atoms with van der Waals surface area (Å²) in [5.74, 6) is 0.385. The molecule has 0 saturated carbocycles. The van der Waals surface area contributed by atoms with Crippen molar-refractivity contribution in [3.05, 3.63) is 29.7 Å². The van der Waals surface area contributed by atoms with Gasteiger partial charge in [-0.2, -0.15) is 13.9 Å². The Balaban J connectivity index is 2.33. The zero-order valence-electron chi connectivity index (χ0n) is 11.2. The van der Waals surface area contributed by atoms with Crippen molar-refractivity contribution in [1.29, 1.82) is 0 Å². The molecule has 5 nitrogen and oxygen atoms in total. The van der Waals surface area contributed by atoms with Crippen molar-refractivity contribution >= 4 is 11.6 Å². The van der Waals surface area contributed by atoms with E-state index in [0.717, 1.165) is 0 Å². The monoisotopic (exact) mass is 317 g/mol. The van der Waals surface area contributed by atoms with Gasteiger partial charge in [-0.3, -0.25) is 0 Å². The number of nitrogens with zero attached hydrogens (tertiary/aromatic N) is 3. The van der Waals surface area contributed by atoms with Crippen molar-refractivity contribution in [1.82, 2.24) is 14.8 Å². The topological polar surface area (TPSA) is 60.2 Å². The first-order valence-electron chi connectivity index (χ1n) is 6.28. The van der Waals surface area contributed by atoms with Crippen LogP contribution in [0.2, 0.25) is 5.15 Å². The molecule has 0 fully saturated rings. The Hall–Kier alpha value is -1.73. The highest BCUT2D eigenvalue weighted by atomic mass is 35.5. The van der Waals surface area contributed by atoms with Crippen molar-refractivity contribution in [3.63, 3.8) is 0 Å². The Morgan fingerprint density at radius 2 is 2.24 bits per heavy atom. The van der Waals surface area contributed by atoms with Gasteiger partial charge >= 0.3 is 6.55 Å². The largest absolute Gasteiger partial charge is 0.490 e. The van der Waals surface area contributed by atoms with Gasteiger partial charge in [-0.25, -0.2) is 9.67 Å². The zero-order valence-corrected chi connectivity index (χ0v) is 12.0. The molecule has 0 spiro atoms. The third-order valence-corrected chi connectivity index (χ3v) is 2.99. The maximum absolute atomic E-state index is 12.6. The molecule has 0 bridgehead atoms. The minimum atomic E-state index is -2.71. The summed E-state index contributed by atoms with van der Waals surface area (Å²) >= 11 is 5.83. The number of aliphatic hydroxyl groups is 1. The molecule has 2 aromatic heterocycles. The Kier molecular flexibility index (Phi) is 5.08. The fourth-order valence-electron chi connectivity index (χ4n) is 1.75. The van der Waals surface area contributed by atoms with Crippen LogP contribution in [0.1, 0.15) is 19.9 Å². The molecule has 0 aliphatic carbocycles. The molecule has 0 aliphatic heterocycles. The zero-order chi connectivity index (χ0) is 15.4. The highest BCUT2D eigenvalue weighted by molar-refractivity contribution is 6.29. The average molecular weight is 318 g/mol. The van der Waals surface area contributed by atoms with E-state index in [1.807, 2.05) is 0 Å². The summed E-state index contributed by atoms with van der Waals surface area (Å²) < 4.78 is 31.4. The van der Waals surface area contributed by atoms with Gasteiger partial charge in [0.2, 0.25) is 0 Å². The van der Waals surface area contributed by atoms with Crippen molar-refractivity contribution < 1.29 is 18.6 Å². The summed E-state index contributed by atoms with van der Waals surface area (Å²) in [6.45, 7) is -0.946. The number of hydrogen-bond acceptors (Lipinski definition) is 4. The molecule has 1 N–H and O–H groups in total. The molecule has 0 saturated heterocycles. The lowest BCUT2D eigenvalue weighted by atomic mass is 10.2. The van der Waals surface area contributed by atoms with Gasteiger partial charge < -0.3 is 9.84 Å². The van der Waals surface area contributed by atoms with Gasteiger partial charge in [0.15, 0.2) is 0 Å². The highest BCUT2D eigenvalue weighted by Gasteiger charge is 2.15. The molecule has 2 heterocycles. The van der Waals surface area contributed by atoms with Crippen LogP contribution < -0.4 is 4.74 Å². The first kappa shape index (κ1) is 15.7. The van der Waals surface area contributed by atoms with Crippen molar-refractivity contribution in [2.24, 2.45) is 0 Å². The molecule has 0 unspecified atom stereocenters. The minimum Gasteiger partial charge on any atom is -0.490 e. The molecule has 2 rings (SSSR count). The first-order chi connectivity index (χ1) is 10.0. The minimum absolute atomic E-state index is 0.0185. The average Bonchev–Trinajstić information content (AvgIpc) is 2.88. The van der Waals surface area contributed by atoms with Crippen LogP contribution in [-0.2, 0) is 0 Å². The van der Waals surface area contributed by atoms with Gasteiger partial charge in [-0.1, -0.05) is 11.6 Å². The van der Waals surface area contributed by atoms with Gasteiger partial charge in [0.1, 0.15) is 10.9 Å². The maximum atomic E-state index is 12.6. The van der Waals surface area contributed by atoms with Crippen molar-refractivity contribution in [2.75, 3.05) is 6.61 Å². The Bertz CT molecular complexity index is 607. The molecule has 21 heavy (non-hydrogen) atoms. The number of halogens is 3. The third kappa shape index (κ3) is 3.89. The van der Waals surface area contributed by atoms with Crippen LogP contribution in [0.5, 0.6) is 5.75 Å². The molecular formula is C13H14ClF2N3O2. The van der Waals surface area contributed by atoms with Gasteiger partial charge in [0.25, 0.3) is 0 Å². The molecule has 2 aromatic rings. The predicted octanol–water partition coefficient (Wildman–Crippen LogP) is 3.14. The van der Waals surface area contributed by atoms with E-state index in [0.29, 0.717) is 28.1 Å². The third-order valence-electron chi connectivity index (χ3n) is 2.78. The lowest BCUT2D eigenvalue weighted by molar-refractivity contribution is 0.0568. The lowest BCUT2D eigenvalue weighted by Gasteiger charge is -2.16. The second-order valence-electron chi connectivity index (χ2n) is 4.40. The van der Waals surface area contributed by atoms with Crippen LogP contribution >= 0.6 is 11.6 Å². The summed E-state index contributed by atoms with van der Waals surface area (Å²) in [6, 6.07) is 2.94. The summed E-state index contributed by atoms with van der Waals surface area (Å²) in [5.41, 5.74) is 0.772. The van der Waals surface area contributed by atoms with Gasteiger partial charge in [0, 0.05) is 31.5 Å². The molecule has 8 heteroatoms. The van der Waals surface area contributed by atoms with Gasteiger partial charge in [-0.15, -0.1) is 0 Å². The van der Waals surface area contributed by atoms with Crippen molar-refractivity contribution in [3.8, 4) is 17.0 Å². The van der Waals surface area contributed by atoms with Gasteiger partial charge in [-0.05, 0) is 13.0 Å². The number of rotatable bonds is 6. The number of hydrogen-bond donors (Lipinski definition) is 1. The van der Waals surface area contributed by atoms with Crippen LogP contribution in [0, 0.1) is 0 Å². The van der Waals surface area contributed by atoms with Crippen LogP contribution in [0.4, 0.5) is 8.78 Å². The summed E-state index contributed by atoms with van der Waals surface area (Å²) in [7, 11) is 0. The van der Waals surface area contributed by atoms with E-state index in [2.05, 4.69) is 10.1 Å². The number of alkyl halides is 2. The molecular weight excluding hydrogens is 304 g/mol. The number of ether oxygens (including phenoxy) is 1. The summed E-state index contributed by atoms with van der Waals surface area (Å²) in [4.78, 5) is 3.92. The van der Waals surface area contributed by atoms with Crippen LogP contribution in [0.3, 0.4) is 0 Å². The number of aromatic nitrogens is 3. The SMILES string of the molecule is C[C@@H](CCO)Oc1cc(Cl)ncc1-c1ccn(C(F)F)n1. The first-order valence-corrected chi connectivity index (χ1v) is 6.65. The van der Waals surface area contributed by atoms with E-state index in [1.54, 1.807) is 6.92 Å². The lowest BCUT2D eigenvalue weighted by Crippen LogP contribution is -2.14. The second kappa shape index (κ2) is 6.82. The van der Waals surface area contributed by atoms with E-state index >= 15 is 0 Å². The molecule has 114 valence electrons. The van der Waals surface area contributed by atoms with E-state index in [1.165, 1.54) is 24.5 Å². The number of aliphatic hydroxyl groups excluding tert-OH is 1. The summed E-state index contributed by atoms with van der Waals surface area (Å²) in [5, 5.41) is 12.9. The fourth-order valence-corrected chi connectivity index (χ4v) is 1.90. The normalized spacial score (nSPS) is 12.7. The van der Waals surface area contributed by atoms with E-state index < -0.39 is 6.55 Å². The maximum Gasteiger partial charge on any atom is 0.333 e. The Labute approximate surface area is 125 Å². The molecule has 0 amide bonds. The van der Waals surface area contributed by atoms with Crippen LogP contribution in [-0.4, -0.2) is 32.6 Å². The Morgan fingerprint density at radius 3 is 2.86 bits per heavy atom. The Morgan fingerprint density at radius 1 is 1.48 bits per heavy atom. The molecule has 0 aliphatic rings. The second-order valence-corrected chi connectivity index (χ2v) is 4.79. The molecule has 1 atom stereocenters. The van der Waals surface area contributed by atoms with E-state index in [9.17, 15) is 8.78 Å². The van der Waals surface area contributed by atoms with Crippen molar-refractivity contribution in [2.45, 2.75) is 26.0 Å². The smallest absolute Gasteiger partial charge is 0.333 e. The summed E-state index contributed by atoms with van der Waals surface area (Å²) in [6.07, 6.45) is 2.77.